The highest BCUT2D eigenvalue weighted by atomic mass is 32.2. The molecule has 4 rings (SSSR count). The topological polar surface area (TPSA) is 58.6 Å². The van der Waals surface area contributed by atoms with E-state index in [4.69, 9.17) is 9.72 Å². The highest BCUT2D eigenvalue weighted by Crippen LogP contribution is 2.31. The molecule has 0 spiro atoms. The number of fused-ring (bicyclic) bond motifs is 1. The van der Waals surface area contributed by atoms with Gasteiger partial charge in [0.1, 0.15) is 0 Å². The number of nitrogens with zero attached hydrogens (tertiary/aromatic N) is 4. The minimum atomic E-state index is 0.0320. The fraction of sp³-hybridized carbons (Fsp3) is 0.550. The molecule has 1 amide bonds. The molecule has 7 heteroatoms. The predicted molar refractivity (Wildman–Crippen MR) is 110 cm³/mol. The summed E-state index contributed by atoms with van der Waals surface area (Å²) in [7, 11) is 0. The van der Waals surface area contributed by atoms with Crippen LogP contribution < -0.4 is 9.64 Å². The highest BCUT2D eigenvalue weighted by molar-refractivity contribution is 7.99. The Morgan fingerprint density at radius 1 is 1.19 bits per heavy atom. The maximum atomic E-state index is 13.0. The van der Waals surface area contributed by atoms with Crippen molar-refractivity contribution >= 4 is 34.5 Å². The zero-order valence-corrected chi connectivity index (χ0v) is 16.6. The van der Waals surface area contributed by atoms with E-state index in [0.29, 0.717) is 24.9 Å². The lowest BCUT2D eigenvalue weighted by atomic mass is 9.96. The van der Waals surface area contributed by atoms with E-state index in [0.717, 1.165) is 60.8 Å². The third kappa shape index (κ3) is 3.98. The smallest absolute Gasteiger partial charge is 0.258 e. The van der Waals surface area contributed by atoms with Gasteiger partial charge in [-0.25, -0.2) is 9.97 Å². The zero-order valence-electron chi connectivity index (χ0n) is 15.8. The Hall–Kier alpha value is -2.02. The standard InChI is InChI=1S/C20H26N4O2S/c1-2-26-19-18(21-16-7-3-4-8-17(16)22-19)24-9-5-6-15(14-24)20(25)23-10-12-27-13-11-23/h3-4,7-8,15H,2,5-6,9-14H2,1H3. The van der Waals surface area contributed by atoms with Gasteiger partial charge in [0.05, 0.1) is 23.6 Å². The fourth-order valence-electron chi connectivity index (χ4n) is 3.83. The van der Waals surface area contributed by atoms with E-state index < -0.39 is 0 Å². The Kier molecular flexibility index (Phi) is 5.66. The Morgan fingerprint density at radius 2 is 1.93 bits per heavy atom. The van der Waals surface area contributed by atoms with Gasteiger partial charge in [-0.3, -0.25) is 4.79 Å². The largest absolute Gasteiger partial charge is 0.475 e. The van der Waals surface area contributed by atoms with Gasteiger partial charge in [-0.15, -0.1) is 0 Å². The van der Waals surface area contributed by atoms with Crippen molar-refractivity contribution in [1.82, 2.24) is 14.9 Å². The van der Waals surface area contributed by atoms with E-state index in [1.165, 1.54) is 0 Å². The molecule has 2 aliphatic heterocycles. The second-order valence-electron chi connectivity index (χ2n) is 7.00. The quantitative estimate of drug-likeness (QED) is 0.805. The van der Waals surface area contributed by atoms with E-state index in [1.54, 1.807) is 0 Å². The normalized spacial score (nSPS) is 20.7. The SMILES string of the molecule is CCOc1nc2ccccc2nc1N1CCCC(C(=O)N2CCSCC2)C1. The van der Waals surface area contributed by atoms with Crippen LogP contribution in [0.1, 0.15) is 19.8 Å². The summed E-state index contributed by atoms with van der Waals surface area (Å²) in [5.74, 6) is 3.76. The molecular weight excluding hydrogens is 360 g/mol. The van der Waals surface area contributed by atoms with Gasteiger partial charge in [0.25, 0.3) is 5.88 Å². The zero-order chi connectivity index (χ0) is 18.6. The molecule has 0 saturated carbocycles. The Balaban J connectivity index is 1.58. The molecule has 6 nitrogen and oxygen atoms in total. The number of amides is 1. The first kappa shape index (κ1) is 18.3. The van der Waals surface area contributed by atoms with E-state index in [9.17, 15) is 4.79 Å². The molecule has 0 bridgehead atoms. The third-order valence-corrected chi connectivity index (χ3v) is 6.14. The first-order chi connectivity index (χ1) is 13.3. The number of rotatable bonds is 4. The molecule has 2 aromatic rings. The van der Waals surface area contributed by atoms with Crippen LogP contribution >= 0.6 is 11.8 Å². The molecule has 0 radical (unpaired) electrons. The number of hydrogen-bond acceptors (Lipinski definition) is 6. The molecule has 3 heterocycles. The van der Waals surface area contributed by atoms with Crippen molar-refractivity contribution in [2.24, 2.45) is 5.92 Å². The average molecular weight is 387 g/mol. The number of carbonyl (C=O) groups excluding carboxylic acids is 1. The molecule has 27 heavy (non-hydrogen) atoms. The summed E-state index contributed by atoms with van der Waals surface area (Å²) in [4.78, 5) is 26.7. The molecule has 1 aromatic heterocycles. The van der Waals surface area contributed by atoms with Gasteiger partial charge in [0, 0.05) is 37.7 Å². The van der Waals surface area contributed by atoms with Crippen LogP contribution in [0, 0.1) is 5.92 Å². The maximum absolute atomic E-state index is 13.0. The summed E-state index contributed by atoms with van der Waals surface area (Å²) in [6.07, 6.45) is 1.93. The minimum absolute atomic E-state index is 0.0320. The number of piperidine rings is 1. The third-order valence-electron chi connectivity index (χ3n) is 5.20. The van der Waals surface area contributed by atoms with Gasteiger partial charge in [0.2, 0.25) is 5.91 Å². The van der Waals surface area contributed by atoms with Crippen molar-refractivity contribution in [2.75, 3.05) is 49.2 Å². The summed E-state index contributed by atoms with van der Waals surface area (Å²) < 4.78 is 5.80. The lowest BCUT2D eigenvalue weighted by Gasteiger charge is -2.36. The summed E-state index contributed by atoms with van der Waals surface area (Å²) in [5.41, 5.74) is 1.69. The molecule has 1 atom stereocenters. The second kappa shape index (κ2) is 8.33. The molecule has 144 valence electrons. The summed E-state index contributed by atoms with van der Waals surface area (Å²) in [5, 5.41) is 0. The van der Waals surface area contributed by atoms with Crippen molar-refractivity contribution < 1.29 is 9.53 Å². The Bertz CT molecular complexity index is 810. The van der Waals surface area contributed by atoms with Gasteiger partial charge in [0.15, 0.2) is 5.82 Å². The van der Waals surface area contributed by atoms with Gasteiger partial charge < -0.3 is 14.5 Å². The van der Waals surface area contributed by atoms with Crippen LogP contribution in [-0.4, -0.2) is 65.1 Å². The summed E-state index contributed by atoms with van der Waals surface area (Å²) >= 11 is 1.93. The van der Waals surface area contributed by atoms with Crippen LogP contribution in [0.4, 0.5) is 5.82 Å². The molecule has 1 unspecified atom stereocenters. The Morgan fingerprint density at radius 3 is 2.67 bits per heavy atom. The molecule has 0 N–H and O–H groups in total. The Labute approximate surface area is 164 Å². The summed E-state index contributed by atoms with van der Waals surface area (Å²) in [6.45, 7) is 5.82. The van der Waals surface area contributed by atoms with Crippen molar-refractivity contribution in [3.05, 3.63) is 24.3 Å². The van der Waals surface area contributed by atoms with E-state index in [2.05, 4.69) is 9.88 Å². The van der Waals surface area contributed by atoms with Crippen molar-refractivity contribution in [1.29, 1.82) is 0 Å². The van der Waals surface area contributed by atoms with Crippen LogP contribution in [0.2, 0.25) is 0 Å². The molecule has 2 aliphatic rings. The number of ether oxygens (including phenoxy) is 1. The van der Waals surface area contributed by atoms with Crippen LogP contribution in [0.15, 0.2) is 24.3 Å². The molecule has 2 saturated heterocycles. The number of anilines is 1. The second-order valence-corrected chi connectivity index (χ2v) is 8.22. The van der Waals surface area contributed by atoms with E-state index >= 15 is 0 Å². The highest BCUT2D eigenvalue weighted by Gasteiger charge is 2.32. The number of benzene rings is 1. The van der Waals surface area contributed by atoms with Gasteiger partial charge in [-0.1, -0.05) is 12.1 Å². The summed E-state index contributed by atoms with van der Waals surface area (Å²) in [6, 6.07) is 7.85. The first-order valence-electron chi connectivity index (χ1n) is 9.77. The average Bonchev–Trinajstić information content (AvgIpc) is 2.73. The van der Waals surface area contributed by atoms with Gasteiger partial charge in [-0.05, 0) is 31.9 Å². The monoisotopic (exact) mass is 386 g/mol. The number of hydrogen-bond donors (Lipinski definition) is 0. The van der Waals surface area contributed by atoms with Crippen molar-refractivity contribution in [2.45, 2.75) is 19.8 Å². The van der Waals surface area contributed by atoms with Crippen LogP contribution in [0.3, 0.4) is 0 Å². The molecule has 0 aliphatic carbocycles. The van der Waals surface area contributed by atoms with Crippen molar-refractivity contribution in [3.63, 3.8) is 0 Å². The van der Waals surface area contributed by atoms with E-state index in [1.807, 2.05) is 47.9 Å². The number of para-hydroxylation sites is 2. The number of aromatic nitrogens is 2. The van der Waals surface area contributed by atoms with Gasteiger partial charge in [-0.2, -0.15) is 11.8 Å². The predicted octanol–water partition coefficient (Wildman–Crippen LogP) is 2.82. The van der Waals surface area contributed by atoms with E-state index in [-0.39, 0.29) is 5.92 Å². The number of carbonyl (C=O) groups is 1. The number of thioether (sulfide) groups is 1. The maximum Gasteiger partial charge on any atom is 0.258 e. The van der Waals surface area contributed by atoms with Crippen LogP contribution in [0.5, 0.6) is 5.88 Å². The van der Waals surface area contributed by atoms with Gasteiger partial charge >= 0.3 is 0 Å². The lowest BCUT2D eigenvalue weighted by molar-refractivity contribution is -0.135. The van der Waals surface area contributed by atoms with Crippen LogP contribution in [-0.2, 0) is 4.79 Å². The minimum Gasteiger partial charge on any atom is -0.475 e. The van der Waals surface area contributed by atoms with Crippen LogP contribution in [0.25, 0.3) is 11.0 Å². The lowest BCUT2D eigenvalue weighted by Crippen LogP contribution is -2.47. The van der Waals surface area contributed by atoms with Crippen molar-refractivity contribution in [3.8, 4) is 5.88 Å². The molecular formula is C20H26N4O2S. The molecule has 2 fully saturated rings. The fourth-order valence-corrected chi connectivity index (χ4v) is 4.73. The molecule has 1 aromatic carbocycles. The first-order valence-corrected chi connectivity index (χ1v) is 10.9.